The molecule has 0 rings (SSSR count). The number of allylic oxidation sites excluding steroid dienone is 5. The van der Waals surface area contributed by atoms with E-state index in [-0.39, 0.29) is 5.78 Å². The third-order valence-electron chi connectivity index (χ3n) is 4.31. The molecule has 0 aromatic rings. The summed E-state index contributed by atoms with van der Waals surface area (Å²) < 4.78 is 4.70. The van der Waals surface area contributed by atoms with E-state index < -0.39 is 0 Å². The van der Waals surface area contributed by atoms with Crippen LogP contribution in [0.2, 0.25) is 0 Å². The summed E-state index contributed by atoms with van der Waals surface area (Å²) in [5.41, 5.74) is 2.69. The molecule has 0 unspecified atom stereocenters. The van der Waals surface area contributed by atoms with Crippen molar-refractivity contribution in [1.82, 2.24) is 0 Å². The van der Waals surface area contributed by atoms with Crippen LogP contribution in [0.15, 0.2) is 48.8 Å². The number of ether oxygens (including phenoxy) is 1. The van der Waals surface area contributed by atoms with Crippen LogP contribution in [0.25, 0.3) is 0 Å². The Bertz CT molecular complexity index is 429. The Balaban J connectivity index is -0.0000000708. The highest BCUT2D eigenvalue weighted by Gasteiger charge is 1.91. The first-order valence-corrected chi connectivity index (χ1v) is 13.3. The van der Waals surface area contributed by atoms with Gasteiger partial charge in [0.2, 0.25) is 0 Å². The van der Waals surface area contributed by atoms with Gasteiger partial charge in [0.05, 0.1) is 12.9 Å². The van der Waals surface area contributed by atoms with E-state index in [0.717, 1.165) is 50.7 Å². The van der Waals surface area contributed by atoms with Crippen molar-refractivity contribution < 1.29 is 14.3 Å². The van der Waals surface area contributed by atoms with E-state index in [2.05, 4.69) is 47.4 Å². The van der Waals surface area contributed by atoms with Gasteiger partial charge < -0.3 is 4.74 Å². The number of hydrogen-bond donors (Lipinski definition) is 0. The highest BCUT2D eigenvalue weighted by Crippen LogP contribution is 1.99. The highest BCUT2D eigenvalue weighted by atomic mass is 16.5. The minimum absolute atomic E-state index is 0.197. The molecule has 0 amide bonds. The zero-order chi connectivity index (χ0) is 28.4. The van der Waals surface area contributed by atoms with Gasteiger partial charge in [-0.2, -0.15) is 0 Å². The van der Waals surface area contributed by atoms with Crippen molar-refractivity contribution in [2.45, 2.75) is 134 Å². The molecular formula is C31H62O3. The lowest BCUT2D eigenvalue weighted by Crippen LogP contribution is -1.91. The lowest BCUT2D eigenvalue weighted by molar-refractivity contribution is -0.118. The quantitative estimate of drug-likeness (QED) is 0.167. The number of ketones is 2. The average molecular weight is 483 g/mol. The maximum Gasteiger partial charge on any atom is 0.155 e. The predicted octanol–water partition coefficient (Wildman–Crippen LogP) is 10.6. The molecule has 204 valence electrons. The topological polar surface area (TPSA) is 43.4 Å². The monoisotopic (exact) mass is 482 g/mol. The molecule has 0 atom stereocenters. The second-order valence-electron chi connectivity index (χ2n) is 6.97. The standard InChI is InChI=1S/C6H12O.C6H10O.2C6H12.C5H10O.C2H6/c2*1-3-5-6(7)4-2;2*1-4-6(3)5-2;1-4-5(2)6-3;1-2/h3-5H2,1-2H3;3,5H,4H2,1-2H3;2*3-5H2,1-2H3;2,4H2,1,3H3;1-2H3/b;5-3-;;;;. The van der Waals surface area contributed by atoms with Crippen LogP contribution in [0.3, 0.4) is 0 Å². The summed E-state index contributed by atoms with van der Waals surface area (Å²) in [5.74, 6) is 1.42. The summed E-state index contributed by atoms with van der Waals surface area (Å²) in [6.45, 7) is 33.3. The SMILES string of the molecule is C/C=C\C(=O)CC.C=C(CC)CC.C=C(CC)CC.C=C(CC)OC.CC.CCCC(=O)CC. The van der Waals surface area contributed by atoms with Crippen LogP contribution < -0.4 is 0 Å². The second kappa shape index (κ2) is 44.7. The fraction of sp³-hybridized carbons (Fsp3) is 0.677. The molecular weight excluding hydrogens is 420 g/mol. The molecule has 3 heteroatoms. The van der Waals surface area contributed by atoms with Gasteiger partial charge in [-0.15, -0.1) is 0 Å². The average Bonchev–Trinajstić information content (AvgIpc) is 2.89. The normalized spacial score (nSPS) is 8.35. The van der Waals surface area contributed by atoms with Crippen LogP contribution in [-0.4, -0.2) is 18.7 Å². The fourth-order valence-electron chi connectivity index (χ4n) is 1.40. The van der Waals surface area contributed by atoms with Crippen molar-refractivity contribution in [2.24, 2.45) is 0 Å². The summed E-state index contributed by atoms with van der Waals surface area (Å²) in [6, 6.07) is 0. The van der Waals surface area contributed by atoms with Crippen molar-refractivity contribution in [3.8, 4) is 0 Å². The predicted molar refractivity (Wildman–Crippen MR) is 158 cm³/mol. The maximum atomic E-state index is 10.4. The molecule has 0 bridgehead atoms. The van der Waals surface area contributed by atoms with Crippen LogP contribution in [0.5, 0.6) is 0 Å². The van der Waals surface area contributed by atoms with Gasteiger partial charge in [-0.1, -0.05) is 106 Å². The van der Waals surface area contributed by atoms with Gasteiger partial charge in [0.1, 0.15) is 5.78 Å². The summed E-state index contributed by atoms with van der Waals surface area (Å²) in [7, 11) is 1.63. The molecule has 0 radical (unpaired) electrons. The van der Waals surface area contributed by atoms with E-state index in [1.807, 2.05) is 48.5 Å². The smallest absolute Gasteiger partial charge is 0.155 e. The Kier molecular flexibility index (Phi) is 60.0. The van der Waals surface area contributed by atoms with E-state index in [9.17, 15) is 9.59 Å². The number of Topliss-reactive ketones (excluding diaryl/α,β-unsaturated/α-hetero) is 1. The van der Waals surface area contributed by atoms with Gasteiger partial charge in [-0.25, -0.2) is 0 Å². The van der Waals surface area contributed by atoms with Crippen molar-refractivity contribution in [3.05, 3.63) is 48.8 Å². The summed E-state index contributed by atoms with van der Waals surface area (Å²) in [6.07, 6.45) is 11.9. The minimum atomic E-state index is 0.197. The van der Waals surface area contributed by atoms with Crippen LogP contribution in [0.1, 0.15) is 134 Å². The molecule has 3 nitrogen and oxygen atoms in total. The van der Waals surface area contributed by atoms with Crippen LogP contribution in [-0.2, 0) is 14.3 Å². The molecule has 0 fully saturated rings. The van der Waals surface area contributed by atoms with Crippen molar-refractivity contribution in [3.63, 3.8) is 0 Å². The van der Waals surface area contributed by atoms with Gasteiger partial charge >= 0.3 is 0 Å². The van der Waals surface area contributed by atoms with Crippen LogP contribution >= 0.6 is 0 Å². The first kappa shape index (κ1) is 45.6. The van der Waals surface area contributed by atoms with E-state index in [0.29, 0.717) is 18.6 Å². The molecule has 0 heterocycles. The number of carbonyl (C=O) groups is 2. The largest absolute Gasteiger partial charge is 0.502 e. The third-order valence-corrected chi connectivity index (χ3v) is 4.31. The summed E-state index contributed by atoms with van der Waals surface area (Å²) in [4.78, 5) is 20.7. The van der Waals surface area contributed by atoms with E-state index in [4.69, 9.17) is 4.74 Å². The minimum Gasteiger partial charge on any atom is -0.502 e. The molecule has 0 aromatic heterocycles. The molecule has 0 saturated heterocycles. The molecule has 0 N–H and O–H groups in total. The molecule has 0 aliphatic carbocycles. The summed E-state index contributed by atoms with van der Waals surface area (Å²) in [5, 5.41) is 0. The third kappa shape index (κ3) is 63.1. The molecule has 0 aromatic carbocycles. The van der Waals surface area contributed by atoms with Crippen molar-refractivity contribution in [2.75, 3.05) is 7.11 Å². The molecule has 0 aliphatic rings. The molecule has 0 aliphatic heterocycles. The maximum absolute atomic E-state index is 10.4. The Labute approximate surface area is 215 Å². The first-order chi connectivity index (χ1) is 16.0. The van der Waals surface area contributed by atoms with E-state index >= 15 is 0 Å². The first-order valence-electron chi connectivity index (χ1n) is 13.3. The Morgan fingerprint density at radius 2 is 1.06 bits per heavy atom. The Morgan fingerprint density at radius 3 is 1.12 bits per heavy atom. The Morgan fingerprint density at radius 1 is 0.676 bits per heavy atom. The number of rotatable bonds is 11. The zero-order valence-electron chi connectivity index (χ0n) is 25.4. The molecule has 34 heavy (non-hydrogen) atoms. The van der Waals surface area contributed by atoms with Crippen LogP contribution in [0.4, 0.5) is 0 Å². The van der Waals surface area contributed by atoms with Crippen molar-refractivity contribution in [1.29, 1.82) is 0 Å². The molecule has 0 spiro atoms. The lowest BCUT2D eigenvalue weighted by Gasteiger charge is -1.94. The van der Waals surface area contributed by atoms with Crippen molar-refractivity contribution >= 4 is 11.6 Å². The number of methoxy groups -OCH3 is 1. The van der Waals surface area contributed by atoms with Gasteiger partial charge in [-0.3, -0.25) is 9.59 Å². The number of hydrogen-bond acceptors (Lipinski definition) is 3. The highest BCUT2D eigenvalue weighted by molar-refractivity contribution is 5.89. The van der Waals surface area contributed by atoms with E-state index in [1.165, 1.54) is 11.1 Å². The van der Waals surface area contributed by atoms with Crippen LogP contribution in [0, 0.1) is 0 Å². The zero-order valence-corrected chi connectivity index (χ0v) is 25.4. The number of carbonyl (C=O) groups excluding carboxylic acids is 2. The van der Waals surface area contributed by atoms with Gasteiger partial charge in [0, 0.05) is 25.7 Å². The fourth-order valence-corrected chi connectivity index (χ4v) is 1.40. The molecule has 0 saturated carbocycles. The van der Waals surface area contributed by atoms with Gasteiger partial charge in [0.15, 0.2) is 5.78 Å². The van der Waals surface area contributed by atoms with E-state index in [1.54, 1.807) is 19.3 Å². The lowest BCUT2D eigenvalue weighted by atomic mass is 10.2. The van der Waals surface area contributed by atoms with Gasteiger partial charge in [-0.05, 0) is 45.1 Å². The second-order valence-corrected chi connectivity index (χ2v) is 6.97. The van der Waals surface area contributed by atoms with Gasteiger partial charge in [0.25, 0.3) is 0 Å². The Hall–Kier alpha value is -1.90. The summed E-state index contributed by atoms with van der Waals surface area (Å²) >= 11 is 0.